The topological polar surface area (TPSA) is 88.4 Å². The largest absolute Gasteiger partial charge is 0.338 e. The lowest BCUT2D eigenvalue weighted by molar-refractivity contribution is 0.139. The smallest absolute Gasteiger partial charge is 0.318 e. The van der Waals surface area contributed by atoms with Gasteiger partial charge in [-0.1, -0.05) is 30.3 Å². The highest BCUT2D eigenvalue weighted by Crippen LogP contribution is 2.22. The molecule has 8 nitrogen and oxygen atoms in total. The van der Waals surface area contributed by atoms with Crippen LogP contribution in [-0.4, -0.2) is 77.2 Å². The summed E-state index contributed by atoms with van der Waals surface area (Å²) in [5.74, 6) is 1.29. The third-order valence-corrected chi connectivity index (χ3v) is 7.30. The van der Waals surface area contributed by atoms with E-state index in [1.54, 1.807) is 12.4 Å². The number of nitrogens with zero attached hydrogens (tertiary/aromatic N) is 6. The molecule has 1 aromatic carbocycles. The number of hydrogen-bond acceptors (Lipinski definition) is 6. The number of benzene rings is 1. The maximum atomic E-state index is 13.0. The Morgan fingerprint density at radius 2 is 1.74 bits per heavy atom. The molecule has 0 aliphatic carbocycles. The summed E-state index contributed by atoms with van der Waals surface area (Å²) in [6.45, 7) is 9.64. The second kappa shape index (κ2) is 12.0. The zero-order valence-corrected chi connectivity index (χ0v) is 20.9. The molecule has 0 saturated carbocycles. The van der Waals surface area contributed by atoms with E-state index in [0.717, 1.165) is 39.0 Å². The highest BCUT2D eigenvalue weighted by Gasteiger charge is 2.34. The number of anilines is 1. The minimum Gasteiger partial charge on any atom is -0.338 e. The van der Waals surface area contributed by atoms with Gasteiger partial charge in [-0.2, -0.15) is 5.26 Å². The van der Waals surface area contributed by atoms with Crippen LogP contribution in [0.15, 0.2) is 42.7 Å². The van der Waals surface area contributed by atoms with Gasteiger partial charge in [-0.3, -0.25) is 0 Å². The summed E-state index contributed by atoms with van der Waals surface area (Å²) in [7, 11) is 0. The van der Waals surface area contributed by atoms with Crippen LogP contribution in [0.4, 0.5) is 10.7 Å². The molecule has 2 amide bonds. The molecule has 2 saturated heterocycles. The minimum atomic E-state index is 0.0192. The van der Waals surface area contributed by atoms with Crippen molar-refractivity contribution >= 4 is 12.0 Å². The Labute approximate surface area is 209 Å². The third kappa shape index (κ3) is 6.70. The number of piperazine rings is 1. The summed E-state index contributed by atoms with van der Waals surface area (Å²) in [5.41, 5.74) is 1.86. The van der Waals surface area contributed by atoms with Crippen LogP contribution in [0, 0.1) is 17.2 Å². The SMILES string of the molecule is C[C@@H]1CN(c2ncc(C#N)cn2)C[C@H](C)N1C(=O)NCCC1CCN(CCc2ccccc2)CC1. The number of likely N-dealkylation sites (tertiary alicyclic amines) is 1. The minimum absolute atomic E-state index is 0.0192. The molecule has 186 valence electrons. The maximum Gasteiger partial charge on any atom is 0.318 e. The molecule has 2 fully saturated rings. The average Bonchev–Trinajstić information content (AvgIpc) is 2.88. The van der Waals surface area contributed by atoms with Crippen molar-refractivity contribution in [2.45, 2.75) is 51.6 Å². The highest BCUT2D eigenvalue weighted by molar-refractivity contribution is 5.75. The van der Waals surface area contributed by atoms with Crippen LogP contribution in [0.3, 0.4) is 0 Å². The molecule has 8 heteroatoms. The zero-order chi connectivity index (χ0) is 24.6. The normalized spacial score (nSPS) is 21.5. The molecule has 2 aliphatic rings. The van der Waals surface area contributed by atoms with Crippen molar-refractivity contribution in [1.82, 2.24) is 25.1 Å². The molecule has 3 heterocycles. The van der Waals surface area contributed by atoms with Gasteiger partial charge in [0.1, 0.15) is 6.07 Å². The molecular formula is C27H37N7O. The summed E-state index contributed by atoms with van der Waals surface area (Å²) >= 11 is 0. The molecule has 2 aliphatic heterocycles. The molecule has 2 atom stereocenters. The van der Waals surface area contributed by atoms with Gasteiger partial charge in [-0.05, 0) is 64.1 Å². The Morgan fingerprint density at radius 3 is 2.37 bits per heavy atom. The van der Waals surface area contributed by atoms with Gasteiger partial charge in [0.25, 0.3) is 0 Å². The Hall–Kier alpha value is -3.18. The van der Waals surface area contributed by atoms with Gasteiger partial charge in [-0.25, -0.2) is 14.8 Å². The first kappa shape index (κ1) is 24.9. The summed E-state index contributed by atoms with van der Waals surface area (Å²) in [4.78, 5) is 28.2. The van der Waals surface area contributed by atoms with Crippen molar-refractivity contribution in [3.8, 4) is 6.07 Å². The summed E-state index contributed by atoms with van der Waals surface area (Å²) in [5, 5.41) is 12.1. The van der Waals surface area contributed by atoms with Crippen LogP contribution in [0.5, 0.6) is 0 Å². The lowest BCUT2D eigenvalue weighted by atomic mass is 9.93. The molecule has 35 heavy (non-hydrogen) atoms. The van der Waals surface area contributed by atoms with Crippen molar-refractivity contribution in [3.05, 3.63) is 53.9 Å². The number of piperidine rings is 1. The fourth-order valence-corrected chi connectivity index (χ4v) is 5.33. The highest BCUT2D eigenvalue weighted by atomic mass is 16.2. The van der Waals surface area contributed by atoms with Crippen molar-refractivity contribution < 1.29 is 4.79 Å². The summed E-state index contributed by atoms with van der Waals surface area (Å²) < 4.78 is 0. The quantitative estimate of drug-likeness (QED) is 0.661. The van der Waals surface area contributed by atoms with Crippen LogP contribution >= 0.6 is 0 Å². The van der Waals surface area contributed by atoms with E-state index in [9.17, 15) is 4.79 Å². The number of rotatable bonds is 7. The Balaban J connectivity index is 1.16. The van der Waals surface area contributed by atoms with Crippen molar-refractivity contribution in [3.63, 3.8) is 0 Å². The number of carbonyl (C=O) groups excluding carboxylic acids is 1. The second-order valence-electron chi connectivity index (χ2n) is 9.94. The molecule has 0 spiro atoms. The molecule has 1 aromatic heterocycles. The number of aromatic nitrogens is 2. The Bertz CT molecular complexity index is 971. The standard InChI is InChI=1S/C27H37N7O/c1-21-19-33(26-30-17-25(16-28)18-31-26)20-22(2)34(21)27(35)29-12-8-24-10-14-32(15-11-24)13-9-23-6-4-3-5-7-23/h3-7,17-18,21-22,24H,8-15,19-20H2,1-2H3,(H,29,35)/t21-,22+. The molecule has 0 unspecified atom stereocenters. The lowest BCUT2D eigenvalue weighted by Crippen LogP contribution is -2.61. The molecule has 1 N–H and O–H groups in total. The Kier molecular flexibility index (Phi) is 8.54. The predicted octanol–water partition coefficient (Wildman–Crippen LogP) is 3.30. The molecule has 0 radical (unpaired) electrons. The van der Waals surface area contributed by atoms with E-state index in [2.05, 4.69) is 69.3 Å². The van der Waals surface area contributed by atoms with Crippen LogP contribution in [0.25, 0.3) is 0 Å². The van der Waals surface area contributed by atoms with Gasteiger partial charge >= 0.3 is 6.03 Å². The number of hydrogen-bond donors (Lipinski definition) is 1. The monoisotopic (exact) mass is 475 g/mol. The van der Waals surface area contributed by atoms with Gasteiger partial charge < -0.3 is 20.0 Å². The van der Waals surface area contributed by atoms with Crippen LogP contribution in [0.2, 0.25) is 0 Å². The summed E-state index contributed by atoms with van der Waals surface area (Å²) in [6, 6.07) is 12.9. The fourth-order valence-electron chi connectivity index (χ4n) is 5.33. The van der Waals surface area contributed by atoms with Gasteiger partial charge in [0.2, 0.25) is 5.95 Å². The zero-order valence-electron chi connectivity index (χ0n) is 20.9. The molecular weight excluding hydrogens is 438 g/mol. The fraction of sp³-hybridized carbons (Fsp3) is 0.556. The molecule has 2 aromatic rings. The number of carbonyl (C=O) groups is 1. The predicted molar refractivity (Wildman–Crippen MR) is 137 cm³/mol. The van der Waals surface area contributed by atoms with Gasteiger partial charge in [0.05, 0.1) is 18.0 Å². The lowest BCUT2D eigenvalue weighted by Gasteiger charge is -2.44. The number of nitriles is 1. The Morgan fingerprint density at radius 1 is 1.09 bits per heavy atom. The molecule has 4 rings (SSSR count). The van der Waals surface area contributed by atoms with Crippen LogP contribution in [0.1, 0.15) is 44.2 Å². The van der Waals surface area contributed by atoms with E-state index < -0.39 is 0 Å². The van der Waals surface area contributed by atoms with E-state index in [1.165, 1.54) is 18.4 Å². The van der Waals surface area contributed by atoms with E-state index in [0.29, 0.717) is 30.5 Å². The van der Waals surface area contributed by atoms with Crippen LogP contribution in [-0.2, 0) is 6.42 Å². The van der Waals surface area contributed by atoms with E-state index in [4.69, 9.17) is 5.26 Å². The second-order valence-corrected chi connectivity index (χ2v) is 9.94. The maximum absolute atomic E-state index is 13.0. The first-order valence-corrected chi connectivity index (χ1v) is 12.8. The van der Waals surface area contributed by atoms with E-state index in [-0.39, 0.29) is 18.1 Å². The first-order valence-electron chi connectivity index (χ1n) is 12.8. The van der Waals surface area contributed by atoms with Gasteiger partial charge in [0, 0.05) is 38.3 Å². The van der Waals surface area contributed by atoms with Gasteiger partial charge in [-0.15, -0.1) is 0 Å². The van der Waals surface area contributed by atoms with Gasteiger partial charge in [0.15, 0.2) is 0 Å². The summed E-state index contributed by atoms with van der Waals surface area (Å²) in [6.07, 6.45) is 7.67. The number of nitrogens with one attached hydrogen (secondary N) is 1. The van der Waals surface area contributed by atoms with Crippen molar-refractivity contribution in [2.75, 3.05) is 44.2 Å². The average molecular weight is 476 g/mol. The third-order valence-electron chi connectivity index (χ3n) is 7.30. The van der Waals surface area contributed by atoms with E-state index in [1.807, 2.05) is 11.0 Å². The van der Waals surface area contributed by atoms with Crippen molar-refractivity contribution in [2.24, 2.45) is 5.92 Å². The van der Waals surface area contributed by atoms with Crippen LogP contribution < -0.4 is 10.2 Å². The van der Waals surface area contributed by atoms with E-state index >= 15 is 0 Å². The first-order chi connectivity index (χ1) is 17.0. The van der Waals surface area contributed by atoms with Crippen molar-refractivity contribution in [1.29, 1.82) is 5.26 Å². The number of urea groups is 1. The number of amides is 2. The molecule has 0 bridgehead atoms.